The van der Waals surface area contributed by atoms with Crippen LogP contribution in [0.1, 0.15) is 30.0 Å². The first-order valence-corrected chi connectivity index (χ1v) is 11.9. The highest BCUT2D eigenvalue weighted by Gasteiger charge is 2.28. The van der Waals surface area contributed by atoms with Gasteiger partial charge in [-0.3, -0.25) is 9.69 Å². The number of rotatable bonds is 9. The van der Waals surface area contributed by atoms with Crippen LogP contribution < -0.4 is 14.2 Å². The van der Waals surface area contributed by atoms with Gasteiger partial charge in [0.25, 0.3) is 5.91 Å². The number of carbonyl (C=O) groups is 1. The van der Waals surface area contributed by atoms with E-state index in [2.05, 4.69) is 19.9 Å². The SMILES string of the molecule is CCOc1cc(/C=C2\SC(=S)N(C)C2=O)cc(Cl)c1OCCCOc1cccc(C)c1C. The molecule has 1 amide bonds. The summed E-state index contributed by atoms with van der Waals surface area (Å²) in [7, 11) is 1.66. The van der Waals surface area contributed by atoms with E-state index in [1.54, 1.807) is 19.2 Å². The van der Waals surface area contributed by atoms with Crippen LogP contribution in [-0.4, -0.2) is 42.0 Å². The number of thiocarbonyl (C=S) groups is 1. The van der Waals surface area contributed by atoms with Gasteiger partial charge in [-0.05, 0) is 61.7 Å². The number of amides is 1. The van der Waals surface area contributed by atoms with Gasteiger partial charge in [-0.1, -0.05) is 47.7 Å². The minimum atomic E-state index is -0.127. The molecule has 1 saturated heterocycles. The van der Waals surface area contributed by atoms with Crippen molar-refractivity contribution in [3.05, 3.63) is 56.9 Å². The van der Waals surface area contributed by atoms with E-state index in [9.17, 15) is 4.79 Å². The summed E-state index contributed by atoms with van der Waals surface area (Å²) < 4.78 is 18.1. The van der Waals surface area contributed by atoms with Crippen molar-refractivity contribution in [2.24, 2.45) is 0 Å². The average Bonchev–Trinajstić information content (AvgIpc) is 2.99. The van der Waals surface area contributed by atoms with E-state index in [0.717, 1.165) is 16.9 Å². The number of thioether (sulfide) groups is 1. The quantitative estimate of drug-likeness (QED) is 0.242. The molecule has 1 fully saturated rings. The van der Waals surface area contributed by atoms with E-state index < -0.39 is 0 Å². The standard InChI is InChI=1S/C24H26ClNO4S2/c1-5-28-20-13-17(14-21-23(27)26(4)24(31)32-21)12-18(25)22(20)30-11-7-10-29-19-9-6-8-15(2)16(19)3/h6,8-9,12-14H,5,7,10-11H2,1-4H3/b21-14-. The van der Waals surface area contributed by atoms with Crippen LogP contribution in [0, 0.1) is 13.8 Å². The van der Waals surface area contributed by atoms with Crippen LogP contribution in [0.15, 0.2) is 35.2 Å². The molecule has 0 aromatic heterocycles. The predicted octanol–water partition coefficient (Wildman–Crippen LogP) is 6.03. The first-order chi connectivity index (χ1) is 15.3. The Morgan fingerprint density at radius 1 is 1.12 bits per heavy atom. The number of aryl methyl sites for hydroxylation is 1. The van der Waals surface area contributed by atoms with Crippen molar-refractivity contribution in [1.29, 1.82) is 0 Å². The Morgan fingerprint density at radius 2 is 1.88 bits per heavy atom. The maximum Gasteiger partial charge on any atom is 0.265 e. The molecule has 0 bridgehead atoms. The number of benzene rings is 2. The van der Waals surface area contributed by atoms with Crippen molar-refractivity contribution in [2.75, 3.05) is 26.9 Å². The summed E-state index contributed by atoms with van der Waals surface area (Å²) in [6.45, 7) is 7.43. The number of nitrogens with zero attached hydrogens (tertiary/aromatic N) is 1. The Morgan fingerprint density at radius 3 is 2.56 bits per heavy atom. The molecule has 2 aromatic rings. The van der Waals surface area contributed by atoms with Gasteiger partial charge in [0.15, 0.2) is 11.5 Å². The number of hydrogen-bond donors (Lipinski definition) is 0. The van der Waals surface area contributed by atoms with E-state index in [1.165, 1.54) is 22.2 Å². The zero-order chi connectivity index (χ0) is 23.3. The molecule has 0 atom stereocenters. The Kier molecular flexibility index (Phi) is 8.45. The molecule has 1 aliphatic heterocycles. The van der Waals surface area contributed by atoms with Crippen LogP contribution in [0.3, 0.4) is 0 Å². The van der Waals surface area contributed by atoms with E-state index >= 15 is 0 Å². The lowest BCUT2D eigenvalue weighted by atomic mass is 10.1. The zero-order valence-corrected chi connectivity index (χ0v) is 21.0. The number of carbonyl (C=O) groups excluding carboxylic acids is 1. The van der Waals surface area contributed by atoms with E-state index in [4.69, 9.17) is 38.0 Å². The number of ether oxygens (including phenoxy) is 3. The maximum atomic E-state index is 12.3. The molecule has 0 radical (unpaired) electrons. The third-order valence-corrected chi connectivity index (χ3v) is 6.73. The maximum absolute atomic E-state index is 12.3. The summed E-state index contributed by atoms with van der Waals surface area (Å²) in [6.07, 6.45) is 2.45. The fourth-order valence-electron chi connectivity index (χ4n) is 3.07. The molecular formula is C24H26ClNO4S2. The largest absolute Gasteiger partial charge is 0.493 e. The van der Waals surface area contributed by atoms with Crippen molar-refractivity contribution in [2.45, 2.75) is 27.2 Å². The molecular weight excluding hydrogens is 466 g/mol. The topological polar surface area (TPSA) is 48.0 Å². The summed E-state index contributed by atoms with van der Waals surface area (Å²) in [6, 6.07) is 9.60. The second kappa shape index (κ2) is 11.1. The highest BCUT2D eigenvalue weighted by molar-refractivity contribution is 8.26. The van der Waals surface area contributed by atoms with Gasteiger partial charge >= 0.3 is 0 Å². The van der Waals surface area contributed by atoms with Crippen LogP contribution in [-0.2, 0) is 4.79 Å². The Hall–Kier alpha value is -2.22. The average molecular weight is 492 g/mol. The zero-order valence-electron chi connectivity index (χ0n) is 18.6. The molecule has 1 aliphatic rings. The highest BCUT2D eigenvalue weighted by Crippen LogP contribution is 2.39. The van der Waals surface area contributed by atoms with Gasteiger partial charge in [-0.25, -0.2) is 0 Å². The summed E-state index contributed by atoms with van der Waals surface area (Å²) in [5.74, 6) is 1.78. The molecule has 0 aliphatic carbocycles. The minimum absolute atomic E-state index is 0.127. The molecule has 170 valence electrons. The summed E-state index contributed by atoms with van der Waals surface area (Å²) in [4.78, 5) is 14.3. The third kappa shape index (κ3) is 5.77. The molecule has 1 heterocycles. The van der Waals surface area contributed by atoms with Crippen molar-refractivity contribution in [1.82, 2.24) is 4.90 Å². The van der Waals surface area contributed by atoms with Crippen LogP contribution in [0.5, 0.6) is 17.2 Å². The normalized spacial score (nSPS) is 14.9. The molecule has 3 rings (SSSR count). The van der Waals surface area contributed by atoms with Crippen molar-refractivity contribution >= 4 is 51.9 Å². The van der Waals surface area contributed by atoms with Gasteiger partial charge in [0.05, 0.1) is 29.7 Å². The van der Waals surface area contributed by atoms with E-state index in [-0.39, 0.29) is 5.91 Å². The molecule has 32 heavy (non-hydrogen) atoms. The van der Waals surface area contributed by atoms with Crippen LogP contribution in [0.2, 0.25) is 5.02 Å². The van der Waals surface area contributed by atoms with Gasteiger partial charge in [0, 0.05) is 13.5 Å². The van der Waals surface area contributed by atoms with Gasteiger partial charge in [0.1, 0.15) is 10.1 Å². The number of hydrogen-bond acceptors (Lipinski definition) is 6. The molecule has 2 aromatic carbocycles. The monoisotopic (exact) mass is 491 g/mol. The highest BCUT2D eigenvalue weighted by atomic mass is 35.5. The van der Waals surface area contributed by atoms with E-state index in [1.807, 2.05) is 25.1 Å². The third-order valence-electron chi connectivity index (χ3n) is 4.96. The Labute approximate surface area is 203 Å². The molecule has 0 spiro atoms. The fourth-order valence-corrected chi connectivity index (χ4v) is 4.52. The predicted molar refractivity (Wildman–Crippen MR) is 135 cm³/mol. The van der Waals surface area contributed by atoms with E-state index in [0.29, 0.717) is 52.0 Å². The van der Waals surface area contributed by atoms with Crippen LogP contribution in [0.4, 0.5) is 0 Å². The van der Waals surface area contributed by atoms with Crippen molar-refractivity contribution < 1.29 is 19.0 Å². The molecule has 0 unspecified atom stereocenters. The van der Waals surface area contributed by atoms with Crippen molar-refractivity contribution in [3.63, 3.8) is 0 Å². The van der Waals surface area contributed by atoms with Crippen LogP contribution in [0.25, 0.3) is 6.08 Å². The number of halogens is 1. The van der Waals surface area contributed by atoms with Crippen molar-refractivity contribution in [3.8, 4) is 17.2 Å². The second-order valence-electron chi connectivity index (χ2n) is 7.25. The summed E-state index contributed by atoms with van der Waals surface area (Å²) in [5, 5.41) is 0.421. The lowest BCUT2D eigenvalue weighted by Gasteiger charge is -2.15. The lowest BCUT2D eigenvalue weighted by molar-refractivity contribution is -0.121. The number of likely N-dealkylation sites (N-methyl/N-ethyl adjacent to an activating group) is 1. The first kappa shape index (κ1) is 24.4. The summed E-state index contributed by atoms with van der Waals surface area (Å²) in [5.41, 5.74) is 3.09. The Bertz CT molecular complexity index is 1050. The summed E-state index contributed by atoms with van der Waals surface area (Å²) >= 11 is 13.0. The Balaban J connectivity index is 1.65. The molecule has 5 nitrogen and oxygen atoms in total. The smallest absolute Gasteiger partial charge is 0.265 e. The second-order valence-corrected chi connectivity index (χ2v) is 9.34. The lowest BCUT2D eigenvalue weighted by Crippen LogP contribution is -2.22. The fraction of sp³-hybridized carbons (Fsp3) is 0.333. The van der Waals surface area contributed by atoms with Gasteiger partial charge in [0.2, 0.25) is 0 Å². The van der Waals surface area contributed by atoms with Gasteiger partial charge < -0.3 is 14.2 Å². The minimum Gasteiger partial charge on any atom is -0.493 e. The molecule has 0 N–H and O–H groups in total. The molecule has 0 saturated carbocycles. The molecule has 8 heteroatoms. The van der Waals surface area contributed by atoms with Gasteiger partial charge in [-0.2, -0.15) is 0 Å². The first-order valence-electron chi connectivity index (χ1n) is 10.3. The van der Waals surface area contributed by atoms with Gasteiger partial charge in [-0.15, -0.1) is 0 Å². The van der Waals surface area contributed by atoms with Crippen LogP contribution >= 0.6 is 35.6 Å².